The first kappa shape index (κ1) is 16.8. The molecule has 0 saturated heterocycles. The normalized spacial score (nSPS) is 10.8. The molecular formula is C19H17ClN2OS. The molecule has 0 aliphatic carbocycles. The van der Waals surface area contributed by atoms with Crippen molar-refractivity contribution in [2.24, 2.45) is 0 Å². The van der Waals surface area contributed by atoms with Crippen LogP contribution in [0.4, 0.5) is 0 Å². The second kappa shape index (κ2) is 7.69. The zero-order valence-corrected chi connectivity index (χ0v) is 14.8. The first-order valence-corrected chi connectivity index (χ1v) is 8.99. The van der Waals surface area contributed by atoms with Crippen LogP contribution in [0.15, 0.2) is 59.8 Å². The number of carbonyl (C=O) groups excluding carboxylic acids is 1. The molecule has 0 radical (unpaired) electrons. The maximum atomic E-state index is 12.2. The van der Waals surface area contributed by atoms with Crippen LogP contribution in [0.25, 0.3) is 0 Å². The fourth-order valence-electron chi connectivity index (χ4n) is 2.35. The van der Waals surface area contributed by atoms with Gasteiger partial charge in [0.25, 0.3) is 0 Å². The van der Waals surface area contributed by atoms with Gasteiger partial charge in [0.15, 0.2) is 10.9 Å². The molecule has 0 aliphatic rings. The molecular weight excluding hydrogens is 340 g/mol. The molecule has 1 aromatic heterocycles. The Kier molecular flexibility index (Phi) is 5.38. The minimum Gasteiger partial charge on any atom is -0.337 e. The van der Waals surface area contributed by atoms with E-state index in [1.165, 1.54) is 17.3 Å². The molecule has 3 aromatic rings. The molecule has 2 aromatic carbocycles. The lowest BCUT2D eigenvalue weighted by molar-refractivity contribution is 0.102. The lowest BCUT2D eigenvalue weighted by Crippen LogP contribution is -2.02. The second-order valence-electron chi connectivity index (χ2n) is 5.49. The molecule has 0 fully saturated rings. The Morgan fingerprint density at radius 3 is 2.54 bits per heavy atom. The number of aromatic nitrogens is 2. The van der Waals surface area contributed by atoms with E-state index in [1.807, 2.05) is 25.1 Å². The third kappa shape index (κ3) is 4.28. The molecule has 1 N–H and O–H groups in total. The summed E-state index contributed by atoms with van der Waals surface area (Å²) < 4.78 is 0. The van der Waals surface area contributed by atoms with Crippen molar-refractivity contribution in [1.82, 2.24) is 9.97 Å². The number of H-pyrrole nitrogens is 1. The number of Topliss-reactive ketones (excluding diaryl/α,β-unsaturated/α-hetero) is 1. The minimum absolute atomic E-state index is 0.0651. The standard InChI is InChI=1S/C19H17ClN2OS/c1-13-17(11-14-5-3-2-4-6-14)22-19(21-13)24-12-18(23)15-7-9-16(20)10-8-15/h2-10H,11-12H2,1H3,(H,21,22). The average Bonchev–Trinajstić information content (AvgIpc) is 2.94. The van der Waals surface area contributed by atoms with Crippen molar-refractivity contribution in [3.05, 3.63) is 82.1 Å². The lowest BCUT2D eigenvalue weighted by Gasteiger charge is -2.00. The topological polar surface area (TPSA) is 45.8 Å². The highest BCUT2D eigenvalue weighted by atomic mass is 35.5. The highest BCUT2D eigenvalue weighted by Crippen LogP contribution is 2.20. The van der Waals surface area contributed by atoms with Gasteiger partial charge in [-0.15, -0.1) is 0 Å². The van der Waals surface area contributed by atoms with Crippen molar-refractivity contribution in [1.29, 1.82) is 0 Å². The number of nitrogens with zero attached hydrogens (tertiary/aromatic N) is 1. The van der Waals surface area contributed by atoms with Crippen molar-refractivity contribution < 1.29 is 4.79 Å². The summed E-state index contributed by atoms with van der Waals surface area (Å²) in [4.78, 5) is 20.1. The number of thioether (sulfide) groups is 1. The molecule has 1 heterocycles. The van der Waals surface area contributed by atoms with Crippen LogP contribution in [-0.2, 0) is 6.42 Å². The van der Waals surface area contributed by atoms with Crippen LogP contribution in [0, 0.1) is 6.92 Å². The number of benzene rings is 2. The van der Waals surface area contributed by atoms with E-state index in [-0.39, 0.29) is 5.78 Å². The number of ketones is 1. The van der Waals surface area contributed by atoms with E-state index in [4.69, 9.17) is 11.6 Å². The third-order valence-electron chi connectivity index (χ3n) is 3.68. The van der Waals surface area contributed by atoms with Gasteiger partial charge in [-0.2, -0.15) is 0 Å². The Bertz CT molecular complexity index is 828. The summed E-state index contributed by atoms with van der Waals surface area (Å²) >= 11 is 7.27. The molecule has 0 bridgehead atoms. The largest absolute Gasteiger partial charge is 0.337 e. The number of aryl methyl sites for hydroxylation is 1. The number of hydrogen-bond donors (Lipinski definition) is 1. The number of imidazole rings is 1. The van der Waals surface area contributed by atoms with E-state index in [1.54, 1.807) is 24.3 Å². The average molecular weight is 357 g/mol. The summed E-state index contributed by atoms with van der Waals surface area (Å²) in [6, 6.07) is 17.2. The van der Waals surface area contributed by atoms with Gasteiger partial charge in [-0.1, -0.05) is 53.7 Å². The number of nitrogens with one attached hydrogen (secondary N) is 1. The summed E-state index contributed by atoms with van der Waals surface area (Å²) in [7, 11) is 0. The number of aromatic amines is 1. The molecule has 3 rings (SSSR count). The molecule has 0 amide bonds. The molecule has 5 heteroatoms. The van der Waals surface area contributed by atoms with Crippen LogP contribution >= 0.6 is 23.4 Å². The van der Waals surface area contributed by atoms with E-state index in [9.17, 15) is 4.79 Å². The van der Waals surface area contributed by atoms with E-state index >= 15 is 0 Å². The zero-order valence-electron chi connectivity index (χ0n) is 13.3. The summed E-state index contributed by atoms with van der Waals surface area (Å²) in [5.41, 5.74) is 3.95. The molecule has 3 nitrogen and oxygen atoms in total. The minimum atomic E-state index is 0.0651. The Hall–Kier alpha value is -2.04. The maximum absolute atomic E-state index is 12.2. The van der Waals surface area contributed by atoms with E-state index in [0.717, 1.165) is 23.0 Å². The van der Waals surface area contributed by atoms with Crippen LogP contribution in [-0.4, -0.2) is 21.5 Å². The molecule has 122 valence electrons. The van der Waals surface area contributed by atoms with Gasteiger partial charge in [0.2, 0.25) is 0 Å². The van der Waals surface area contributed by atoms with E-state index in [0.29, 0.717) is 16.3 Å². The van der Waals surface area contributed by atoms with Crippen molar-refractivity contribution in [3.8, 4) is 0 Å². The van der Waals surface area contributed by atoms with Crippen LogP contribution in [0.3, 0.4) is 0 Å². The van der Waals surface area contributed by atoms with Gasteiger partial charge < -0.3 is 4.98 Å². The fraction of sp³-hybridized carbons (Fsp3) is 0.158. The number of carbonyl (C=O) groups is 1. The molecule has 0 aliphatic heterocycles. The zero-order chi connectivity index (χ0) is 16.9. The molecule has 0 saturated carbocycles. The van der Waals surface area contributed by atoms with Gasteiger partial charge >= 0.3 is 0 Å². The van der Waals surface area contributed by atoms with Crippen molar-refractivity contribution in [2.45, 2.75) is 18.5 Å². The number of halogens is 1. The predicted octanol–water partition coefficient (Wildman–Crippen LogP) is 4.94. The van der Waals surface area contributed by atoms with Crippen LogP contribution in [0.2, 0.25) is 5.02 Å². The SMILES string of the molecule is Cc1[nH]c(SCC(=O)c2ccc(Cl)cc2)nc1Cc1ccccc1. The van der Waals surface area contributed by atoms with Gasteiger partial charge in [-0.25, -0.2) is 4.98 Å². The number of rotatable bonds is 6. The van der Waals surface area contributed by atoms with E-state index in [2.05, 4.69) is 22.1 Å². The maximum Gasteiger partial charge on any atom is 0.173 e. The van der Waals surface area contributed by atoms with Gasteiger partial charge in [0, 0.05) is 22.7 Å². The quantitative estimate of drug-likeness (QED) is 0.502. The first-order chi connectivity index (χ1) is 11.6. The van der Waals surface area contributed by atoms with Crippen LogP contribution in [0.5, 0.6) is 0 Å². The van der Waals surface area contributed by atoms with Crippen LogP contribution < -0.4 is 0 Å². The predicted molar refractivity (Wildman–Crippen MR) is 99.1 cm³/mol. The number of hydrogen-bond acceptors (Lipinski definition) is 3. The summed E-state index contributed by atoms with van der Waals surface area (Å²) in [6.07, 6.45) is 0.787. The van der Waals surface area contributed by atoms with Gasteiger partial charge in [0.05, 0.1) is 11.4 Å². The molecule has 0 spiro atoms. The Balaban J connectivity index is 1.63. The van der Waals surface area contributed by atoms with Crippen molar-refractivity contribution in [3.63, 3.8) is 0 Å². The molecule has 24 heavy (non-hydrogen) atoms. The van der Waals surface area contributed by atoms with Crippen molar-refractivity contribution in [2.75, 3.05) is 5.75 Å². The Labute approximate surface area is 150 Å². The van der Waals surface area contributed by atoms with E-state index < -0.39 is 0 Å². The van der Waals surface area contributed by atoms with Crippen molar-refractivity contribution >= 4 is 29.1 Å². The van der Waals surface area contributed by atoms with Gasteiger partial charge in [0.1, 0.15) is 0 Å². The Morgan fingerprint density at radius 2 is 1.83 bits per heavy atom. The fourth-order valence-corrected chi connectivity index (χ4v) is 3.31. The Morgan fingerprint density at radius 1 is 1.12 bits per heavy atom. The summed E-state index contributed by atoms with van der Waals surface area (Å²) in [5.74, 6) is 0.412. The summed E-state index contributed by atoms with van der Waals surface area (Å²) in [6.45, 7) is 2.01. The third-order valence-corrected chi connectivity index (χ3v) is 4.81. The highest BCUT2D eigenvalue weighted by molar-refractivity contribution is 7.99. The second-order valence-corrected chi connectivity index (χ2v) is 6.90. The summed E-state index contributed by atoms with van der Waals surface area (Å²) in [5, 5.41) is 1.41. The smallest absolute Gasteiger partial charge is 0.173 e. The highest BCUT2D eigenvalue weighted by Gasteiger charge is 2.11. The lowest BCUT2D eigenvalue weighted by atomic mass is 10.1. The molecule has 0 atom stereocenters. The first-order valence-electron chi connectivity index (χ1n) is 7.63. The monoisotopic (exact) mass is 356 g/mol. The van der Waals surface area contributed by atoms with Crippen LogP contribution in [0.1, 0.15) is 27.3 Å². The molecule has 0 unspecified atom stereocenters. The van der Waals surface area contributed by atoms with Gasteiger partial charge in [-0.05, 0) is 36.8 Å². The van der Waals surface area contributed by atoms with Gasteiger partial charge in [-0.3, -0.25) is 4.79 Å².